The van der Waals surface area contributed by atoms with Gasteiger partial charge in [-0.1, -0.05) is 18.2 Å². The van der Waals surface area contributed by atoms with Crippen LogP contribution in [0.15, 0.2) is 53.4 Å². The molecule has 1 aliphatic rings. The standard InChI is InChI=1S/C19H21FN2O3S/c1-14(15-7-9-17(20)10-8-15)21-19(23)16-5-4-6-18(13-16)26(24,25)22-11-2-3-12-22/h4-10,13-14H,2-3,11-12H2,1H3,(H,21,23)/t14-/m1/s1. The van der Waals surface area contributed by atoms with E-state index in [9.17, 15) is 17.6 Å². The largest absolute Gasteiger partial charge is 0.346 e. The molecule has 138 valence electrons. The topological polar surface area (TPSA) is 66.5 Å². The zero-order valence-corrected chi connectivity index (χ0v) is 15.3. The van der Waals surface area contributed by atoms with E-state index in [1.54, 1.807) is 31.2 Å². The Morgan fingerprint density at radius 3 is 2.42 bits per heavy atom. The number of hydrogen-bond donors (Lipinski definition) is 1. The summed E-state index contributed by atoms with van der Waals surface area (Å²) in [6, 6.07) is 11.6. The summed E-state index contributed by atoms with van der Waals surface area (Å²) in [6.45, 7) is 2.82. The Morgan fingerprint density at radius 2 is 1.77 bits per heavy atom. The summed E-state index contributed by atoms with van der Waals surface area (Å²) in [5.41, 5.74) is 1.04. The molecule has 2 aromatic rings. The molecule has 0 bridgehead atoms. The molecule has 0 radical (unpaired) electrons. The highest BCUT2D eigenvalue weighted by Gasteiger charge is 2.27. The van der Waals surface area contributed by atoms with Crippen molar-refractivity contribution in [1.82, 2.24) is 9.62 Å². The van der Waals surface area contributed by atoms with Crippen molar-refractivity contribution in [2.45, 2.75) is 30.7 Å². The molecule has 1 fully saturated rings. The van der Waals surface area contributed by atoms with E-state index < -0.39 is 10.0 Å². The number of carbonyl (C=O) groups excluding carboxylic acids is 1. The van der Waals surface area contributed by atoms with Gasteiger partial charge in [-0.05, 0) is 55.7 Å². The Labute approximate surface area is 152 Å². The molecule has 26 heavy (non-hydrogen) atoms. The lowest BCUT2D eigenvalue weighted by atomic mass is 10.1. The summed E-state index contributed by atoms with van der Waals surface area (Å²) >= 11 is 0. The Balaban J connectivity index is 1.77. The average molecular weight is 376 g/mol. The van der Waals surface area contributed by atoms with Crippen LogP contribution in [-0.4, -0.2) is 31.7 Å². The van der Waals surface area contributed by atoms with Gasteiger partial charge >= 0.3 is 0 Å². The molecule has 5 nitrogen and oxygen atoms in total. The predicted molar refractivity (Wildman–Crippen MR) is 96.7 cm³/mol. The van der Waals surface area contributed by atoms with Crippen LogP contribution in [0.4, 0.5) is 4.39 Å². The fourth-order valence-electron chi connectivity index (χ4n) is 2.99. The minimum Gasteiger partial charge on any atom is -0.346 e. The summed E-state index contributed by atoms with van der Waals surface area (Å²) in [4.78, 5) is 12.6. The molecule has 0 aromatic heterocycles. The van der Waals surface area contributed by atoms with Gasteiger partial charge in [0.25, 0.3) is 5.91 Å². The zero-order chi connectivity index (χ0) is 18.7. The monoisotopic (exact) mass is 376 g/mol. The molecule has 1 saturated heterocycles. The van der Waals surface area contributed by atoms with Crippen molar-refractivity contribution in [3.8, 4) is 0 Å². The van der Waals surface area contributed by atoms with Crippen molar-refractivity contribution in [2.24, 2.45) is 0 Å². The lowest BCUT2D eigenvalue weighted by Crippen LogP contribution is -2.29. The van der Waals surface area contributed by atoms with Gasteiger partial charge in [-0.25, -0.2) is 12.8 Å². The number of nitrogens with one attached hydrogen (secondary N) is 1. The first-order valence-electron chi connectivity index (χ1n) is 8.54. The lowest BCUT2D eigenvalue weighted by molar-refractivity contribution is 0.0939. The van der Waals surface area contributed by atoms with E-state index in [1.807, 2.05) is 0 Å². The highest BCUT2D eigenvalue weighted by Crippen LogP contribution is 2.22. The van der Waals surface area contributed by atoms with Crippen LogP contribution in [0.1, 0.15) is 41.7 Å². The minimum absolute atomic E-state index is 0.126. The molecule has 1 amide bonds. The molecule has 2 aromatic carbocycles. The minimum atomic E-state index is -3.57. The number of nitrogens with zero attached hydrogens (tertiary/aromatic N) is 1. The van der Waals surface area contributed by atoms with E-state index in [-0.39, 0.29) is 28.2 Å². The fraction of sp³-hybridized carbons (Fsp3) is 0.316. The number of carbonyl (C=O) groups is 1. The first-order valence-corrected chi connectivity index (χ1v) is 9.98. The fourth-order valence-corrected chi connectivity index (χ4v) is 4.55. The Morgan fingerprint density at radius 1 is 1.12 bits per heavy atom. The second-order valence-corrected chi connectivity index (χ2v) is 8.32. The van der Waals surface area contributed by atoms with Crippen LogP contribution in [0.3, 0.4) is 0 Å². The van der Waals surface area contributed by atoms with Crippen LogP contribution in [0, 0.1) is 5.82 Å². The third-order valence-electron chi connectivity index (χ3n) is 4.52. The van der Waals surface area contributed by atoms with Crippen LogP contribution >= 0.6 is 0 Å². The number of amides is 1. The van der Waals surface area contributed by atoms with E-state index in [0.717, 1.165) is 18.4 Å². The van der Waals surface area contributed by atoms with Gasteiger partial charge in [-0.3, -0.25) is 4.79 Å². The first kappa shape index (κ1) is 18.5. The highest BCUT2D eigenvalue weighted by atomic mass is 32.2. The van der Waals surface area contributed by atoms with Gasteiger partial charge in [0, 0.05) is 18.7 Å². The quantitative estimate of drug-likeness (QED) is 0.872. The second kappa shape index (κ2) is 7.55. The maximum atomic E-state index is 13.0. The van der Waals surface area contributed by atoms with Crippen molar-refractivity contribution < 1.29 is 17.6 Å². The van der Waals surface area contributed by atoms with Crippen molar-refractivity contribution in [2.75, 3.05) is 13.1 Å². The summed E-state index contributed by atoms with van der Waals surface area (Å²) in [7, 11) is -3.57. The third kappa shape index (κ3) is 3.94. The molecule has 1 N–H and O–H groups in total. The number of benzene rings is 2. The van der Waals surface area contributed by atoms with Crippen LogP contribution in [0.2, 0.25) is 0 Å². The average Bonchev–Trinajstić information content (AvgIpc) is 3.18. The molecule has 1 heterocycles. The van der Waals surface area contributed by atoms with Gasteiger partial charge in [-0.2, -0.15) is 4.31 Å². The molecule has 3 rings (SSSR count). The Kier molecular flexibility index (Phi) is 5.38. The smallest absolute Gasteiger partial charge is 0.251 e. The molecule has 0 aliphatic carbocycles. The lowest BCUT2D eigenvalue weighted by Gasteiger charge is -2.17. The summed E-state index contributed by atoms with van der Waals surface area (Å²) in [5.74, 6) is -0.715. The van der Waals surface area contributed by atoms with Crippen LogP contribution in [0.5, 0.6) is 0 Å². The number of rotatable bonds is 5. The zero-order valence-electron chi connectivity index (χ0n) is 14.5. The van der Waals surface area contributed by atoms with Crippen molar-refractivity contribution in [3.63, 3.8) is 0 Å². The van der Waals surface area contributed by atoms with Crippen molar-refractivity contribution in [3.05, 3.63) is 65.5 Å². The summed E-state index contributed by atoms with van der Waals surface area (Å²) < 4.78 is 39.8. The Bertz CT molecular complexity index is 891. The molecule has 0 unspecified atom stereocenters. The molecule has 0 spiro atoms. The summed E-state index contributed by atoms with van der Waals surface area (Å²) in [6.07, 6.45) is 1.71. The molecule has 7 heteroatoms. The van der Waals surface area contributed by atoms with Crippen LogP contribution < -0.4 is 5.32 Å². The van der Waals surface area contributed by atoms with E-state index in [2.05, 4.69) is 5.32 Å². The van der Waals surface area contributed by atoms with Gasteiger partial charge in [0.1, 0.15) is 5.82 Å². The number of sulfonamides is 1. The van der Waals surface area contributed by atoms with Gasteiger partial charge in [0.05, 0.1) is 10.9 Å². The predicted octanol–water partition coefficient (Wildman–Crippen LogP) is 3.10. The van der Waals surface area contributed by atoms with Crippen LogP contribution in [0.25, 0.3) is 0 Å². The maximum absolute atomic E-state index is 13.0. The van der Waals surface area contributed by atoms with Gasteiger partial charge in [-0.15, -0.1) is 0 Å². The SMILES string of the molecule is C[C@@H](NC(=O)c1cccc(S(=O)(=O)N2CCCC2)c1)c1ccc(F)cc1. The Hall–Kier alpha value is -2.25. The number of hydrogen-bond acceptors (Lipinski definition) is 3. The second-order valence-electron chi connectivity index (χ2n) is 6.39. The maximum Gasteiger partial charge on any atom is 0.251 e. The highest BCUT2D eigenvalue weighted by molar-refractivity contribution is 7.89. The van der Waals surface area contributed by atoms with E-state index in [0.29, 0.717) is 13.1 Å². The van der Waals surface area contributed by atoms with Crippen molar-refractivity contribution >= 4 is 15.9 Å². The molecular formula is C19H21FN2O3S. The normalized spacial score (nSPS) is 16.4. The van der Waals surface area contributed by atoms with E-state index in [1.165, 1.54) is 28.6 Å². The summed E-state index contributed by atoms with van der Waals surface area (Å²) in [5, 5.41) is 2.81. The molecule has 1 atom stereocenters. The van der Waals surface area contributed by atoms with E-state index in [4.69, 9.17) is 0 Å². The molecule has 0 saturated carbocycles. The van der Waals surface area contributed by atoms with Gasteiger partial charge < -0.3 is 5.32 Å². The number of halogens is 1. The first-order chi connectivity index (χ1) is 12.4. The van der Waals surface area contributed by atoms with E-state index >= 15 is 0 Å². The van der Waals surface area contributed by atoms with Crippen molar-refractivity contribution in [1.29, 1.82) is 0 Å². The van der Waals surface area contributed by atoms with Gasteiger partial charge in [0.2, 0.25) is 10.0 Å². The van der Waals surface area contributed by atoms with Crippen LogP contribution in [-0.2, 0) is 10.0 Å². The molecular weight excluding hydrogens is 355 g/mol. The van der Waals surface area contributed by atoms with Gasteiger partial charge in [0.15, 0.2) is 0 Å². The third-order valence-corrected chi connectivity index (χ3v) is 6.41. The molecule has 1 aliphatic heterocycles.